The molecule has 0 radical (unpaired) electrons. The Kier molecular flexibility index (Phi) is 5.43. The molecule has 0 heterocycles. The number of esters is 1. The van der Waals surface area contributed by atoms with E-state index in [1.807, 2.05) is 0 Å². The summed E-state index contributed by atoms with van der Waals surface area (Å²) in [6.07, 6.45) is 0. The highest BCUT2D eigenvalue weighted by Gasteiger charge is 2.29. The number of hydrogen-bond acceptors (Lipinski definition) is 4. The van der Waals surface area contributed by atoms with Crippen LogP contribution in [0.2, 0.25) is 0 Å². The molecule has 0 saturated carbocycles. The van der Waals surface area contributed by atoms with Crippen molar-refractivity contribution in [2.24, 2.45) is 5.41 Å². The van der Waals surface area contributed by atoms with E-state index in [1.54, 1.807) is 32.0 Å². The molecule has 1 aromatic carbocycles. The van der Waals surface area contributed by atoms with Crippen molar-refractivity contribution >= 4 is 39.6 Å². The minimum Gasteiger partial charge on any atom is -0.478 e. The summed E-state index contributed by atoms with van der Waals surface area (Å²) in [5.41, 5.74) is -0.439. The van der Waals surface area contributed by atoms with E-state index in [9.17, 15) is 9.59 Å². The van der Waals surface area contributed by atoms with Crippen molar-refractivity contribution in [3.63, 3.8) is 0 Å². The standard InChI is InChI=1S/C13H15BrO4S/c1-13(2,12(17)18-3)7-19-10-6-8(14)4-5-9(10)11(15)16/h4-6H,7H2,1-3H3,(H,15,16). The van der Waals surface area contributed by atoms with Gasteiger partial charge in [0.2, 0.25) is 0 Å². The highest BCUT2D eigenvalue weighted by Crippen LogP contribution is 2.32. The molecule has 0 aliphatic carbocycles. The second-order valence-corrected chi connectivity index (χ2v) is 6.54. The molecule has 0 saturated heterocycles. The average molecular weight is 347 g/mol. The molecule has 0 atom stereocenters. The number of aromatic carboxylic acids is 1. The highest BCUT2D eigenvalue weighted by atomic mass is 79.9. The molecule has 0 unspecified atom stereocenters. The molecule has 0 aliphatic rings. The summed E-state index contributed by atoms with van der Waals surface area (Å²) < 4.78 is 5.53. The van der Waals surface area contributed by atoms with E-state index in [-0.39, 0.29) is 11.5 Å². The van der Waals surface area contributed by atoms with Crippen LogP contribution in [0, 0.1) is 5.41 Å². The maximum Gasteiger partial charge on any atom is 0.336 e. The first kappa shape index (κ1) is 16.0. The van der Waals surface area contributed by atoms with Crippen LogP contribution < -0.4 is 0 Å². The van der Waals surface area contributed by atoms with E-state index in [4.69, 9.17) is 9.84 Å². The Morgan fingerprint density at radius 3 is 2.58 bits per heavy atom. The second-order valence-electron chi connectivity index (χ2n) is 4.61. The van der Waals surface area contributed by atoms with Gasteiger partial charge < -0.3 is 9.84 Å². The number of thioether (sulfide) groups is 1. The fourth-order valence-electron chi connectivity index (χ4n) is 1.39. The molecule has 0 spiro atoms. The van der Waals surface area contributed by atoms with Gasteiger partial charge in [0.25, 0.3) is 0 Å². The zero-order valence-corrected chi connectivity index (χ0v) is 13.3. The van der Waals surface area contributed by atoms with Gasteiger partial charge in [-0.3, -0.25) is 4.79 Å². The van der Waals surface area contributed by atoms with Gasteiger partial charge in [-0.1, -0.05) is 15.9 Å². The highest BCUT2D eigenvalue weighted by molar-refractivity contribution is 9.10. The van der Waals surface area contributed by atoms with Crippen LogP contribution >= 0.6 is 27.7 Å². The predicted molar refractivity (Wildman–Crippen MR) is 77.6 cm³/mol. The Morgan fingerprint density at radius 2 is 2.05 bits per heavy atom. The van der Waals surface area contributed by atoms with Crippen LogP contribution in [0.25, 0.3) is 0 Å². The van der Waals surface area contributed by atoms with Crippen molar-refractivity contribution in [2.75, 3.05) is 12.9 Å². The van der Waals surface area contributed by atoms with Crippen molar-refractivity contribution in [2.45, 2.75) is 18.7 Å². The predicted octanol–water partition coefficient (Wildman–Crippen LogP) is 3.44. The van der Waals surface area contributed by atoms with Crippen LogP contribution in [0.5, 0.6) is 0 Å². The topological polar surface area (TPSA) is 63.6 Å². The molecular weight excluding hydrogens is 332 g/mol. The van der Waals surface area contributed by atoms with E-state index in [0.717, 1.165) is 4.47 Å². The van der Waals surface area contributed by atoms with Crippen LogP contribution in [-0.2, 0) is 9.53 Å². The lowest BCUT2D eigenvalue weighted by Crippen LogP contribution is -2.28. The summed E-state index contributed by atoms with van der Waals surface area (Å²) in [7, 11) is 1.34. The third-order valence-electron chi connectivity index (χ3n) is 2.50. The Morgan fingerprint density at radius 1 is 1.42 bits per heavy atom. The molecule has 1 rings (SSSR count). The first-order chi connectivity index (χ1) is 8.77. The summed E-state index contributed by atoms with van der Waals surface area (Å²) in [6.45, 7) is 3.54. The normalized spacial score (nSPS) is 11.2. The third kappa shape index (κ3) is 4.24. The monoisotopic (exact) mass is 346 g/mol. The number of halogens is 1. The largest absolute Gasteiger partial charge is 0.478 e. The molecule has 0 aromatic heterocycles. The minimum atomic E-state index is -0.981. The number of hydrogen-bond donors (Lipinski definition) is 1. The number of benzene rings is 1. The fraction of sp³-hybridized carbons (Fsp3) is 0.385. The summed E-state index contributed by atoms with van der Waals surface area (Å²) in [5.74, 6) is -0.853. The van der Waals surface area contributed by atoms with Gasteiger partial charge in [-0.25, -0.2) is 4.79 Å². The first-order valence-corrected chi connectivity index (χ1v) is 7.30. The molecule has 1 aromatic rings. The number of carbonyl (C=O) groups is 2. The zero-order chi connectivity index (χ0) is 14.6. The van der Waals surface area contributed by atoms with Gasteiger partial charge >= 0.3 is 11.9 Å². The lowest BCUT2D eigenvalue weighted by Gasteiger charge is -2.21. The van der Waals surface area contributed by atoms with Gasteiger partial charge in [-0.05, 0) is 32.0 Å². The van der Waals surface area contributed by atoms with Crippen molar-refractivity contribution < 1.29 is 19.4 Å². The van der Waals surface area contributed by atoms with Crippen LogP contribution in [-0.4, -0.2) is 29.9 Å². The molecule has 19 heavy (non-hydrogen) atoms. The van der Waals surface area contributed by atoms with Crippen molar-refractivity contribution in [3.05, 3.63) is 28.2 Å². The van der Waals surface area contributed by atoms with Crippen LogP contribution in [0.3, 0.4) is 0 Å². The van der Waals surface area contributed by atoms with E-state index in [2.05, 4.69) is 15.9 Å². The van der Waals surface area contributed by atoms with E-state index in [0.29, 0.717) is 10.6 Å². The second kappa shape index (κ2) is 6.43. The van der Waals surface area contributed by atoms with Crippen molar-refractivity contribution in [1.29, 1.82) is 0 Å². The van der Waals surface area contributed by atoms with Gasteiger partial charge in [0.15, 0.2) is 0 Å². The quantitative estimate of drug-likeness (QED) is 0.653. The number of carboxylic acid groups (broad SMARTS) is 1. The fourth-order valence-corrected chi connectivity index (χ4v) is 3.05. The van der Waals surface area contributed by atoms with Crippen LogP contribution in [0.15, 0.2) is 27.6 Å². The average Bonchev–Trinajstić information content (AvgIpc) is 2.35. The Bertz CT molecular complexity index is 499. The molecule has 0 bridgehead atoms. The van der Waals surface area contributed by atoms with E-state index < -0.39 is 11.4 Å². The number of carboxylic acids is 1. The van der Waals surface area contributed by atoms with E-state index >= 15 is 0 Å². The van der Waals surface area contributed by atoms with Gasteiger partial charge in [-0.2, -0.15) is 0 Å². The van der Waals surface area contributed by atoms with Gasteiger partial charge in [0.05, 0.1) is 18.1 Å². The third-order valence-corrected chi connectivity index (χ3v) is 4.51. The SMILES string of the molecule is COC(=O)C(C)(C)CSc1cc(Br)ccc1C(=O)O. The molecular formula is C13H15BrO4S. The van der Waals surface area contributed by atoms with E-state index in [1.165, 1.54) is 18.9 Å². The molecule has 0 amide bonds. The van der Waals surface area contributed by atoms with Crippen molar-refractivity contribution in [1.82, 2.24) is 0 Å². The molecule has 0 aliphatic heterocycles. The summed E-state index contributed by atoms with van der Waals surface area (Å²) >= 11 is 4.64. The van der Waals surface area contributed by atoms with Gasteiger partial charge in [0, 0.05) is 15.1 Å². The minimum absolute atomic E-state index is 0.230. The molecule has 6 heteroatoms. The maximum atomic E-state index is 11.6. The first-order valence-electron chi connectivity index (χ1n) is 5.52. The van der Waals surface area contributed by atoms with Crippen molar-refractivity contribution in [3.8, 4) is 0 Å². The van der Waals surface area contributed by atoms with Gasteiger partial charge in [-0.15, -0.1) is 11.8 Å². The summed E-state index contributed by atoms with van der Waals surface area (Å²) in [6, 6.07) is 4.96. The Labute approximate surface area is 124 Å². The molecule has 104 valence electrons. The van der Waals surface area contributed by atoms with Crippen LogP contribution in [0.4, 0.5) is 0 Å². The zero-order valence-electron chi connectivity index (χ0n) is 10.9. The summed E-state index contributed by atoms with van der Waals surface area (Å²) in [5, 5.41) is 9.12. The van der Waals surface area contributed by atoms with Gasteiger partial charge in [0.1, 0.15) is 0 Å². The molecule has 1 N–H and O–H groups in total. The number of methoxy groups -OCH3 is 1. The maximum absolute atomic E-state index is 11.6. The lowest BCUT2D eigenvalue weighted by atomic mass is 9.97. The molecule has 4 nitrogen and oxygen atoms in total. The van der Waals surface area contributed by atoms with Crippen LogP contribution in [0.1, 0.15) is 24.2 Å². The number of carbonyl (C=O) groups excluding carboxylic acids is 1. The Balaban J connectivity index is 2.91. The molecule has 0 fully saturated rings. The number of rotatable bonds is 5. The Hall–Kier alpha value is -1.01. The summed E-state index contributed by atoms with van der Waals surface area (Å²) in [4.78, 5) is 23.3. The lowest BCUT2D eigenvalue weighted by molar-refractivity contribution is -0.149. The smallest absolute Gasteiger partial charge is 0.336 e. The number of ether oxygens (including phenoxy) is 1.